The fourth-order valence-corrected chi connectivity index (χ4v) is 6.34. The largest absolute Gasteiger partial charge is 0.351 e. The zero-order chi connectivity index (χ0) is 16.9. The summed E-state index contributed by atoms with van der Waals surface area (Å²) in [7, 11) is 0. The minimum atomic E-state index is 0.0858. The number of nitrogens with one attached hydrogen (secondary N) is 1. The predicted molar refractivity (Wildman–Crippen MR) is 95.0 cm³/mol. The number of amides is 1. The number of aryl methyl sites for hydroxylation is 1. The second kappa shape index (κ2) is 5.94. The Hall–Kier alpha value is -1.69. The van der Waals surface area contributed by atoms with E-state index in [1.54, 1.807) is 11.3 Å². The molecule has 4 saturated carbocycles. The average Bonchev–Trinajstić information content (AvgIpc) is 3.22. The Labute approximate surface area is 151 Å². The van der Waals surface area contributed by atoms with Crippen LogP contribution in [0.4, 0.5) is 0 Å². The topological polar surface area (TPSA) is 68.0 Å². The van der Waals surface area contributed by atoms with E-state index < -0.39 is 0 Å². The summed E-state index contributed by atoms with van der Waals surface area (Å²) in [6.45, 7) is 0. The van der Waals surface area contributed by atoms with Crippen molar-refractivity contribution < 1.29 is 9.32 Å². The molecule has 4 fully saturated rings. The van der Waals surface area contributed by atoms with Gasteiger partial charge in [0.05, 0.1) is 0 Å². The highest BCUT2D eigenvalue weighted by Crippen LogP contribution is 2.55. The molecule has 2 aromatic heterocycles. The first kappa shape index (κ1) is 15.6. The number of aromatic nitrogens is 2. The van der Waals surface area contributed by atoms with Gasteiger partial charge >= 0.3 is 0 Å². The average molecular weight is 357 g/mol. The van der Waals surface area contributed by atoms with Crippen LogP contribution in [-0.2, 0) is 11.2 Å². The Bertz CT molecular complexity index is 732. The quantitative estimate of drug-likeness (QED) is 0.883. The van der Waals surface area contributed by atoms with Gasteiger partial charge in [-0.05, 0) is 67.7 Å². The molecule has 2 heterocycles. The Morgan fingerprint density at radius 3 is 2.60 bits per heavy atom. The van der Waals surface area contributed by atoms with E-state index in [-0.39, 0.29) is 11.4 Å². The van der Waals surface area contributed by atoms with Gasteiger partial charge in [-0.1, -0.05) is 5.16 Å². The van der Waals surface area contributed by atoms with Crippen molar-refractivity contribution in [3.8, 4) is 11.4 Å². The van der Waals surface area contributed by atoms with Crippen molar-refractivity contribution in [3.63, 3.8) is 0 Å². The van der Waals surface area contributed by atoms with Crippen LogP contribution in [0.15, 0.2) is 21.3 Å². The molecule has 1 amide bonds. The van der Waals surface area contributed by atoms with Gasteiger partial charge in [-0.25, -0.2) is 0 Å². The molecule has 6 heteroatoms. The van der Waals surface area contributed by atoms with Crippen LogP contribution in [0.25, 0.3) is 11.4 Å². The molecule has 0 unspecified atom stereocenters. The third kappa shape index (κ3) is 3.01. The summed E-state index contributed by atoms with van der Waals surface area (Å²) in [5.41, 5.74) is 1.06. The van der Waals surface area contributed by atoms with Crippen LogP contribution in [0.2, 0.25) is 0 Å². The summed E-state index contributed by atoms with van der Waals surface area (Å²) in [5, 5.41) is 11.4. The summed E-state index contributed by atoms with van der Waals surface area (Å²) in [5.74, 6) is 3.82. The molecule has 5 nitrogen and oxygen atoms in total. The SMILES string of the molecule is O=C(CCc1nc(-c2ccsc2)no1)NC12CC3CC(CC(C3)C1)C2. The summed E-state index contributed by atoms with van der Waals surface area (Å²) < 4.78 is 5.30. The molecule has 0 saturated heterocycles. The number of carbonyl (C=O) groups excluding carboxylic acids is 1. The third-order valence-electron chi connectivity index (χ3n) is 6.26. The molecule has 0 spiro atoms. The highest BCUT2D eigenvalue weighted by Gasteiger charge is 2.51. The van der Waals surface area contributed by atoms with Crippen LogP contribution in [0.1, 0.15) is 50.8 Å². The molecule has 0 aliphatic heterocycles. The molecule has 4 aliphatic carbocycles. The van der Waals surface area contributed by atoms with Crippen molar-refractivity contribution in [2.45, 2.75) is 56.9 Å². The zero-order valence-corrected chi connectivity index (χ0v) is 15.1. The first-order valence-corrected chi connectivity index (χ1v) is 10.3. The number of hydrogen-bond donors (Lipinski definition) is 1. The maximum Gasteiger partial charge on any atom is 0.227 e. The molecule has 0 radical (unpaired) electrons. The van der Waals surface area contributed by atoms with Crippen LogP contribution in [-0.4, -0.2) is 21.6 Å². The Balaban J connectivity index is 1.19. The minimum Gasteiger partial charge on any atom is -0.351 e. The van der Waals surface area contributed by atoms with Gasteiger partial charge in [0.25, 0.3) is 0 Å². The van der Waals surface area contributed by atoms with Crippen LogP contribution in [0, 0.1) is 17.8 Å². The second-order valence-electron chi connectivity index (χ2n) is 8.27. The van der Waals surface area contributed by atoms with E-state index in [2.05, 4.69) is 15.5 Å². The van der Waals surface area contributed by atoms with Crippen molar-refractivity contribution in [2.75, 3.05) is 0 Å². The van der Waals surface area contributed by atoms with Crippen molar-refractivity contribution in [2.24, 2.45) is 17.8 Å². The van der Waals surface area contributed by atoms with Crippen LogP contribution in [0.3, 0.4) is 0 Å². The predicted octanol–water partition coefficient (Wildman–Crippen LogP) is 3.82. The Kier molecular flexibility index (Phi) is 3.69. The van der Waals surface area contributed by atoms with E-state index in [1.807, 2.05) is 16.8 Å². The van der Waals surface area contributed by atoms with Crippen molar-refractivity contribution in [1.82, 2.24) is 15.5 Å². The van der Waals surface area contributed by atoms with Gasteiger partial charge in [-0.3, -0.25) is 4.79 Å². The van der Waals surface area contributed by atoms with Gasteiger partial charge in [0.1, 0.15) is 0 Å². The number of rotatable bonds is 5. The molecule has 1 N–H and O–H groups in total. The maximum atomic E-state index is 12.5. The standard InChI is InChI=1S/C19H23N3O2S/c23-16(1-2-17-20-18(22-24-17)15-3-4-25-11-15)21-19-8-12-5-13(9-19)7-14(6-12)10-19/h3-4,11-14H,1-2,5-10H2,(H,21,23). The van der Waals surface area contributed by atoms with Gasteiger partial charge in [0, 0.05) is 29.3 Å². The van der Waals surface area contributed by atoms with Crippen molar-refractivity contribution in [3.05, 3.63) is 22.7 Å². The van der Waals surface area contributed by atoms with Gasteiger partial charge in [-0.2, -0.15) is 16.3 Å². The first-order chi connectivity index (χ1) is 12.2. The summed E-state index contributed by atoms with van der Waals surface area (Å²) in [6.07, 6.45) is 8.67. The van der Waals surface area contributed by atoms with E-state index in [0.29, 0.717) is 24.6 Å². The third-order valence-corrected chi connectivity index (χ3v) is 6.94. The van der Waals surface area contributed by atoms with Gasteiger partial charge in [0.15, 0.2) is 0 Å². The highest BCUT2D eigenvalue weighted by molar-refractivity contribution is 7.08. The molecular formula is C19H23N3O2S. The van der Waals surface area contributed by atoms with Crippen molar-refractivity contribution in [1.29, 1.82) is 0 Å². The van der Waals surface area contributed by atoms with Gasteiger partial charge in [0.2, 0.25) is 17.6 Å². The normalized spacial score (nSPS) is 32.9. The zero-order valence-electron chi connectivity index (χ0n) is 14.2. The minimum absolute atomic E-state index is 0.0858. The molecule has 4 bridgehead atoms. The van der Waals surface area contributed by atoms with Crippen LogP contribution >= 0.6 is 11.3 Å². The molecule has 0 atom stereocenters. The Morgan fingerprint density at radius 2 is 1.96 bits per heavy atom. The smallest absolute Gasteiger partial charge is 0.227 e. The van der Waals surface area contributed by atoms with E-state index >= 15 is 0 Å². The van der Waals surface area contributed by atoms with E-state index in [0.717, 1.165) is 23.3 Å². The Morgan fingerprint density at radius 1 is 1.24 bits per heavy atom. The van der Waals surface area contributed by atoms with Gasteiger partial charge < -0.3 is 9.84 Å². The van der Waals surface area contributed by atoms with Crippen LogP contribution < -0.4 is 5.32 Å². The number of thiophene rings is 1. The molecular weight excluding hydrogens is 334 g/mol. The van der Waals surface area contributed by atoms with Gasteiger partial charge in [-0.15, -0.1) is 0 Å². The molecule has 0 aromatic carbocycles. The van der Waals surface area contributed by atoms with E-state index in [4.69, 9.17) is 4.52 Å². The number of hydrogen-bond acceptors (Lipinski definition) is 5. The summed E-state index contributed by atoms with van der Waals surface area (Å²) in [6, 6.07) is 1.97. The highest BCUT2D eigenvalue weighted by atomic mass is 32.1. The lowest BCUT2D eigenvalue weighted by atomic mass is 9.53. The molecule has 4 aliphatic rings. The molecule has 6 rings (SSSR count). The lowest BCUT2D eigenvalue weighted by Crippen LogP contribution is -2.59. The molecule has 132 valence electrons. The number of carbonyl (C=O) groups is 1. The number of nitrogens with zero attached hydrogens (tertiary/aromatic N) is 2. The monoisotopic (exact) mass is 357 g/mol. The second-order valence-corrected chi connectivity index (χ2v) is 9.05. The van der Waals surface area contributed by atoms with E-state index in [1.165, 1.54) is 38.5 Å². The lowest BCUT2D eigenvalue weighted by molar-refractivity contribution is -0.126. The molecule has 25 heavy (non-hydrogen) atoms. The fourth-order valence-electron chi connectivity index (χ4n) is 5.71. The summed E-state index contributed by atoms with van der Waals surface area (Å²) in [4.78, 5) is 16.9. The van der Waals surface area contributed by atoms with Crippen LogP contribution in [0.5, 0.6) is 0 Å². The fraction of sp³-hybridized carbons (Fsp3) is 0.632. The van der Waals surface area contributed by atoms with E-state index in [9.17, 15) is 4.79 Å². The summed E-state index contributed by atoms with van der Waals surface area (Å²) >= 11 is 1.61. The van der Waals surface area contributed by atoms with Crippen molar-refractivity contribution >= 4 is 17.2 Å². The molecule has 2 aromatic rings. The lowest BCUT2D eigenvalue weighted by Gasteiger charge is -2.56. The maximum absolute atomic E-state index is 12.5. The first-order valence-electron chi connectivity index (χ1n) is 9.34.